The Labute approximate surface area is 151 Å². The number of hydrogen-bond donors (Lipinski definition) is 1. The fourth-order valence-electron chi connectivity index (χ4n) is 3.36. The Balaban J connectivity index is 1.86. The third-order valence-corrected chi connectivity index (χ3v) is 4.75. The molecule has 2 aromatic rings. The molecule has 1 heterocycles. The highest BCUT2D eigenvalue weighted by Crippen LogP contribution is 2.36. The van der Waals surface area contributed by atoms with E-state index < -0.39 is 12.0 Å². The standard InChI is InChI=1S/C20H21FN2O3/c1-23-18(24)11-10-17(19(23)13-6-8-14(21)9-7-13)20(25)22-15-4-3-5-16(12-15)26-2/h3-9,12,17,19H,10-11H2,1-2H3,(H,22,25)/t17-,19-/m0/s1. The van der Waals surface area contributed by atoms with Crippen molar-refractivity contribution in [1.82, 2.24) is 4.90 Å². The lowest BCUT2D eigenvalue weighted by Crippen LogP contribution is -2.44. The molecular formula is C20H21FN2O3. The van der Waals surface area contributed by atoms with E-state index in [4.69, 9.17) is 4.74 Å². The first-order valence-corrected chi connectivity index (χ1v) is 8.45. The van der Waals surface area contributed by atoms with Crippen LogP contribution in [0.15, 0.2) is 48.5 Å². The smallest absolute Gasteiger partial charge is 0.229 e. The van der Waals surface area contributed by atoms with Crippen LogP contribution in [0.3, 0.4) is 0 Å². The maximum atomic E-state index is 13.3. The predicted molar refractivity (Wildman–Crippen MR) is 96.3 cm³/mol. The molecule has 2 atom stereocenters. The molecule has 0 saturated carbocycles. The summed E-state index contributed by atoms with van der Waals surface area (Å²) in [5, 5.41) is 2.90. The summed E-state index contributed by atoms with van der Waals surface area (Å²) in [5.41, 5.74) is 1.37. The predicted octanol–water partition coefficient (Wildman–Crippen LogP) is 3.38. The number of rotatable bonds is 4. The SMILES string of the molecule is COc1cccc(NC(=O)[C@H]2CCC(=O)N(C)[C@H]2c2ccc(F)cc2)c1. The summed E-state index contributed by atoms with van der Waals surface area (Å²) < 4.78 is 18.4. The van der Waals surface area contributed by atoms with Crippen LogP contribution in [-0.4, -0.2) is 30.9 Å². The lowest BCUT2D eigenvalue weighted by atomic mass is 9.84. The minimum Gasteiger partial charge on any atom is -0.497 e. The number of halogens is 1. The van der Waals surface area contributed by atoms with Crippen molar-refractivity contribution in [2.75, 3.05) is 19.5 Å². The third-order valence-electron chi connectivity index (χ3n) is 4.75. The van der Waals surface area contributed by atoms with Gasteiger partial charge in [0.15, 0.2) is 0 Å². The Bertz CT molecular complexity index is 807. The van der Waals surface area contributed by atoms with E-state index in [1.165, 1.54) is 12.1 Å². The van der Waals surface area contributed by atoms with E-state index in [0.29, 0.717) is 24.3 Å². The number of carbonyl (C=O) groups is 2. The summed E-state index contributed by atoms with van der Waals surface area (Å²) >= 11 is 0. The molecule has 1 saturated heterocycles. The number of carbonyl (C=O) groups excluding carboxylic acids is 2. The van der Waals surface area contributed by atoms with Crippen molar-refractivity contribution in [2.24, 2.45) is 5.92 Å². The number of likely N-dealkylation sites (tertiary alicyclic amines) is 1. The molecule has 5 nitrogen and oxygen atoms in total. The van der Waals surface area contributed by atoms with E-state index in [1.54, 1.807) is 55.5 Å². The molecule has 1 aliphatic heterocycles. The first-order valence-electron chi connectivity index (χ1n) is 8.45. The van der Waals surface area contributed by atoms with Crippen LogP contribution in [0.2, 0.25) is 0 Å². The second-order valence-electron chi connectivity index (χ2n) is 6.37. The van der Waals surface area contributed by atoms with Crippen LogP contribution in [0.1, 0.15) is 24.4 Å². The van der Waals surface area contributed by atoms with Gasteiger partial charge < -0.3 is 15.0 Å². The largest absolute Gasteiger partial charge is 0.497 e. The molecule has 1 N–H and O–H groups in total. The van der Waals surface area contributed by atoms with E-state index in [-0.39, 0.29) is 17.6 Å². The van der Waals surface area contributed by atoms with E-state index in [9.17, 15) is 14.0 Å². The van der Waals surface area contributed by atoms with Gasteiger partial charge in [0.1, 0.15) is 11.6 Å². The zero-order valence-electron chi connectivity index (χ0n) is 14.7. The topological polar surface area (TPSA) is 58.6 Å². The molecule has 0 spiro atoms. The van der Waals surface area contributed by atoms with Crippen LogP contribution in [0, 0.1) is 11.7 Å². The van der Waals surface area contributed by atoms with Crippen molar-refractivity contribution < 1.29 is 18.7 Å². The average Bonchev–Trinajstić information content (AvgIpc) is 2.65. The Kier molecular flexibility index (Phi) is 5.21. The number of hydrogen-bond acceptors (Lipinski definition) is 3. The Hall–Kier alpha value is -2.89. The van der Waals surface area contributed by atoms with Gasteiger partial charge in [-0.15, -0.1) is 0 Å². The van der Waals surface area contributed by atoms with Gasteiger partial charge in [0, 0.05) is 25.2 Å². The summed E-state index contributed by atoms with van der Waals surface area (Å²) in [4.78, 5) is 26.6. The van der Waals surface area contributed by atoms with Crippen LogP contribution >= 0.6 is 0 Å². The highest BCUT2D eigenvalue weighted by Gasteiger charge is 2.38. The van der Waals surface area contributed by atoms with Gasteiger partial charge in [-0.25, -0.2) is 4.39 Å². The molecule has 0 radical (unpaired) electrons. The molecule has 6 heteroatoms. The van der Waals surface area contributed by atoms with Crippen molar-refractivity contribution in [3.05, 3.63) is 59.9 Å². The van der Waals surface area contributed by atoms with Crippen molar-refractivity contribution in [2.45, 2.75) is 18.9 Å². The van der Waals surface area contributed by atoms with Gasteiger partial charge in [-0.05, 0) is 36.2 Å². The maximum absolute atomic E-state index is 13.3. The van der Waals surface area contributed by atoms with Gasteiger partial charge in [0.25, 0.3) is 0 Å². The molecule has 26 heavy (non-hydrogen) atoms. The number of amides is 2. The Morgan fingerprint density at radius 1 is 1.23 bits per heavy atom. The molecule has 1 aliphatic rings. The number of ether oxygens (including phenoxy) is 1. The summed E-state index contributed by atoms with van der Waals surface area (Å²) in [7, 11) is 3.24. The quantitative estimate of drug-likeness (QED) is 0.914. The van der Waals surface area contributed by atoms with Gasteiger partial charge >= 0.3 is 0 Å². The number of benzene rings is 2. The molecule has 0 aliphatic carbocycles. The van der Waals surface area contributed by atoms with E-state index in [2.05, 4.69) is 5.32 Å². The van der Waals surface area contributed by atoms with Gasteiger partial charge in [-0.3, -0.25) is 9.59 Å². The highest BCUT2D eigenvalue weighted by molar-refractivity contribution is 5.94. The Morgan fingerprint density at radius 2 is 1.96 bits per heavy atom. The van der Waals surface area contributed by atoms with Crippen LogP contribution in [-0.2, 0) is 9.59 Å². The Morgan fingerprint density at radius 3 is 2.65 bits per heavy atom. The minimum absolute atomic E-state index is 0.0234. The lowest BCUT2D eigenvalue weighted by Gasteiger charge is -2.38. The molecule has 3 rings (SSSR count). The van der Waals surface area contributed by atoms with E-state index >= 15 is 0 Å². The van der Waals surface area contributed by atoms with Crippen molar-refractivity contribution in [3.8, 4) is 5.75 Å². The van der Waals surface area contributed by atoms with Crippen LogP contribution < -0.4 is 10.1 Å². The summed E-state index contributed by atoms with van der Waals surface area (Å²) in [6.45, 7) is 0. The van der Waals surface area contributed by atoms with Gasteiger partial charge in [0.2, 0.25) is 11.8 Å². The lowest BCUT2D eigenvalue weighted by molar-refractivity contribution is -0.140. The van der Waals surface area contributed by atoms with Crippen LogP contribution in [0.4, 0.5) is 10.1 Å². The monoisotopic (exact) mass is 356 g/mol. The number of nitrogens with zero attached hydrogens (tertiary/aromatic N) is 1. The first kappa shape index (κ1) is 17.9. The highest BCUT2D eigenvalue weighted by atomic mass is 19.1. The van der Waals surface area contributed by atoms with Crippen LogP contribution in [0.5, 0.6) is 5.75 Å². The second-order valence-corrected chi connectivity index (χ2v) is 6.37. The summed E-state index contributed by atoms with van der Waals surface area (Å²) in [6.07, 6.45) is 0.755. The third kappa shape index (κ3) is 3.69. The molecule has 0 bridgehead atoms. The molecule has 0 aromatic heterocycles. The zero-order chi connectivity index (χ0) is 18.7. The maximum Gasteiger partial charge on any atom is 0.229 e. The molecule has 0 unspecified atom stereocenters. The number of anilines is 1. The normalized spacial score (nSPS) is 20.0. The van der Waals surface area contributed by atoms with E-state index in [1.807, 2.05) is 0 Å². The fraction of sp³-hybridized carbons (Fsp3) is 0.300. The van der Waals surface area contributed by atoms with Crippen molar-refractivity contribution >= 4 is 17.5 Å². The van der Waals surface area contributed by atoms with Gasteiger partial charge in [-0.2, -0.15) is 0 Å². The fourth-order valence-corrected chi connectivity index (χ4v) is 3.36. The first-order chi connectivity index (χ1) is 12.5. The summed E-state index contributed by atoms with van der Waals surface area (Å²) in [5.74, 6) is -0.323. The van der Waals surface area contributed by atoms with E-state index in [0.717, 1.165) is 5.56 Å². The average molecular weight is 356 g/mol. The van der Waals surface area contributed by atoms with Crippen molar-refractivity contribution in [3.63, 3.8) is 0 Å². The zero-order valence-corrected chi connectivity index (χ0v) is 14.7. The second kappa shape index (κ2) is 7.56. The van der Waals surface area contributed by atoms with Gasteiger partial charge in [0.05, 0.1) is 19.1 Å². The molecule has 1 fully saturated rings. The van der Waals surface area contributed by atoms with Gasteiger partial charge in [-0.1, -0.05) is 18.2 Å². The molecule has 136 valence electrons. The van der Waals surface area contributed by atoms with Crippen molar-refractivity contribution in [1.29, 1.82) is 0 Å². The molecule has 2 amide bonds. The molecule has 2 aromatic carbocycles. The molecular weight excluding hydrogens is 335 g/mol. The number of piperidine rings is 1. The number of nitrogens with one attached hydrogen (secondary N) is 1. The number of methoxy groups -OCH3 is 1. The minimum atomic E-state index is -0.428. The van der Waals surface area contributed by atoms with Crippen LogP contribution in [0.25, 0.3) is 0 Å². The summed E-state index contributed by atoms with van der Waals surface area (Å²) in [6, 6.07) is 12.6.